The molecule has 1 unspecified atom stereocenters. The van der Waals surface area contributed by atoms with Gasteiger partial charge in [0.2, 0.25) is 5.91 Å². The summed E-state index contributed by atoms with van der Waals surface area (Å²) in [6, 6.07) is 8.04. The van der Waals surface area contributed by atoms with E-state index in [1.165, 1.54) is 0 Å². The third-order valence-corrected chi connectivity index (χ3v) is 5.39. The number of carbonyl (C=O) groups excluding carboxylic acids is 1. The van der Waals surface area contributed by atoms with Gasteiger partial charge < -0.3 is 19.9 Å². The Bertz CT molecular complexity index is 580. The van der Waals surface area contributed by atoms with Crippen LogP contribution in [0.15, 0.2) is 24.3 Å². The first-order valence-corrected chi connectivity index (χ1v) is 8.93. The summed E-state index contributed by atoms with van der Waals surface area (Å²) in [7, 11) is 1.70. The Morgan fingerprint density at radius 3 is 2.58 bits per heavy atom. The summed E-state index contributed by atoms with van der Waals surface area (Å²) in [5.74, 6) is 1.16. The van der Waals surface area contributed by atoms with E-state index in [0.29, 0.717) is 0 Å². The van der Waals surface area contributed by atoms with Crippen LogP contribution in [-0.4, -0.2) is 56.7 Å². The van der Waals surface area contributed by atoms with Crippen molar-refractivity contribution >= 4 is 11.6 Å². The second-order valence-electron chi connectivity index (χ2n) is 7.46. The average molecular weight is 331 g/mol. The van der Waals surface area contributed by atoms with Crippen molar-refractivity contribution in [2.75, 3.05) is 44.7 Å². The fourth-order valence-electron chi connectivity index (χ4n) is 3.87. The van der Waals surface area contributed by atoms with Crippen LogP contribution < -0.4 is 15.0 Å². The molecule has 0 aliphatic carbocycles. The van der Waals surface area contributed by atoms with E-state index in [-0.39, 0.29) is 17.4 Å². The molecule has 0 saturated carbocycles. The van der Waals surface area contributed by atoms with Crippen LogP contribution in [0.3, 0.4) is 0 Å². The van der Waals surface area contributed by atoms with Crippen LogP contribution >= 0.6 is 0 Å². The zero-order chi connectivity index (χ0) is 17.2. The first-order chi connectivity index (χ1) is 11.5. The molecule has 0 aromatic heterocycles. The summed E-state index contributed by atoms with van der Waals surface area (Å²) < 4.78 is 5.46. The van der Waals surface area contributed by atoms with Crippen molar-refractivity contribution in [3.05, 3.63) is 24.3 Å². The molecule has 5 nitrogen and oxygen atoms in total. The number of hydrogen-bond acceptors (Lipinski definition) is 4. The molecule has 1 N–H and O–H groups in total. The number of piperidine rings is 1. The number of amides is 1. The van der Waals surface area contributed by atoms with Gasteiger partial charge in [-0.25, -0.2) is 0 Å². The van der Waals surface area contributed by atoms with Gasteiger partial charge in [0.15, 0.2) is 0 Å². The van der Waals surface area contributed by atoms with Crippen LogP contribution in [0.4, 0.5) is 5.69 Å². The van der Waals surface area contributed by atoms with Gasteiger partial charge >= 0.3 is 0 Å². The molecule has 2 aliphatic rings. The minimum Gasteiger partial charge on any atom is -0.495 e. The Morgan fingerprint density at radius 2 is 1.92 bits per heavy atom. The first-order valence-electron chi connectivity index (χ1n) is 8.93. The maximum Gasteiger partial charge on any atom is 0.240 e. The number of methoxy groups -OCH3 is 1. The smallest absolute Gasteiger partial charge is 0.240 e. The highest BCUT2D eigenvalue weighted by atomic mass is 16.5. The highest BCUT2D eigenvalue weighted by molar-refractivity contribution is 5.83. The van der Waals surface area contributed by atoms with Gasteiger partial charge in [-0.05, 0) is 36.9 Å². The molecule has 132 valence electrons. The van der Waals surface area contributed by atoms with Crippen LogP contribution in [0.1, 0.15) is 26.7 Å². The zero-order valence-corrected chi connectivity index (χ0v) is 15.0. The van der Waals surface area contributed by atoms with E-state index in [1.54, 1.807) is 7.11 Å². The first kappa shape index (κ1) is 17.1. The van der Waals surface area contributed by atoms with E-state index >= 15 is 0 Å². The molecule has 2 fully saturated rings. The van der Waals surface area contributed by atoms with Crippen LogP contribution in [0.25, 0.3) is 0 Å². The van der Waals surface area contributed by atoms with Gasteiger partial charge in [0.25, 0.3) is 0 Å². The van der Waals surface area contributed by atoms with Gasteiger partial charge in [0.1, 0.15) is 5.75 Å². The molecule has 0 bridgehead atoms. The number of carbonyl (C=O) groups is 1. The minimum absolute atomic E-state index is 0.0368. The summed E-state index contributed by atoms with van der Waals surface area (Å²) in [5, 5.41) is 3.44. The van der Waals surface area contributed by atoms with Gasteiger partial charge in [-0.15, -0.1) is 0 Å². The van der Waals surface area contributed by atoms with Gasteiger partial charge in [-0.2, -0.15) is 0 Å². The monoisotopic (exact) mass is 331 g/mol. The van der Waals surface area contributed by atoms with Gasteiger partial charge in [-0.3, -0.25) is 4.79 Å². The van der Waals surface area contributed by atoms with Crippen molar-refractivity contribution in [2.45, 2.75) is 32.7 Å². The van der Waals surface area contributed by atoms with E-state index < -0.39 is 0 Å². The molecular formula is C19H29N3O2. The average Bonchev–Trinajstić information content (AvgIpc) is 2.61. The van der Waals surface area contributed by atoms with Crippen molar-refractivity contribution in [1.29, 1.82) is 0 Å². The second kappa shape index (κ2) is 7.01. The van der Waals surface area contributed by atoms with Crippen LogP contribution in [0.2, 0.25) is 0 Å². The number of nitrogens with zero attached hydrogens (tertiary/aromatic N) is 2. The SMILES string of the molecule is COc1ccccc1N1CCN(C(=O)C2NCCCC2(C)C)CC1. The lowest BCUT2D eigenvalue weighted by molar-refractivity contribution is -0.137. The number of hydrogen-bond donors (Lipinski definition) is 1. The Hall–Kier alpha value is -1.75. The Morgan fingerprint density at radius 1 is 1.21 bits per heavy atom. The highest BCUT2D eigenvalue weighted by Crippen LogP contribution is 2.32. The van der Waals surface area contributed by atoms with Crippen molar-refractivity contribution in [2.24, 2.45) is 5.41 Å². The van der Waals surface area contributed by atoms with Crippen molar-refractivity contribution in [3.63, 3.8) is 0 Å². The van der Waals surface area contributed by atoms with E-state index in [0.717, 1.165) is 57.0 Å². The molecular weight excluding hydrogens is 302 g/mol. The third kappa shape index (κ3) is 3.36. The number of benzene rings is 1. The topological polar surface area (TPSA) is 44.8 Å². The predicted molar refractivity (Wildman–Crippen MR) is 96.6 cm³/mol. The fraction of sp³-hybridized carbons (Fsp3) is 0.632. The summed E-state index contributed by atoms with van der Waals surface area (Å²) in [6.45, 7) is 8.58. The number of para-hydroxylation sites is 2. The predicted octanol–water partition coefficient (Wildman–Crippen LogP) is 2.12. The van der Waals surface area contributed by atoms with Crippen LogP contribution in [0, 0.1) is 5.41 Å². The maximum atomic E-state index is 13.0. The minimum atomic E-state index is -0.0518. The molecule has 0 radical (unpaired) electrons. The lowest BCUT2D eigenvalue weighted by atomic mass is 9.77. The molecule has 2 heterocycles. The van der Waals surface area contributed by atoms with Crippen molar-refractivity contribution in [3.8, 4) is 5.75 Å². The molecule has 3 rings (SSSR count). The second-order valence-corrected chi connectivity index (χ2v) is 7.46. The molecule has 2 aliphatic heterocycles. The van der Waals surface area contributed by atoms with Crippen molar-refractivity contribution < 1.29 is 9.53 Å². The number of anilines is 1. The molecule has 1 amide bonds. The summed E-state index contributed by atoms with van der Waals surface area (Å²) >= 11 is 0. The van der Waals surface area contributed by atoms with Gasteiger partial charge in [0, 0.05) is 26.2 Å². The molecule has 24 heavy (non-hydrogen) atoms. The standard InChI is InChI=1S/C19H29N3O2/c1-19(2)9-6-10-20-17(19)18(23)22-13-11-21(12-14-22)15-7-4-5-8-16(15)24-3/h4-5,7-8,17,20H,6,9-14H2,1-3H3. The number of piperazine rings is 1. The van der Waals surface area contributed by atoms with E-state index in [2.05, 4.69) is 30.1 Å². The lowest BCUT2D eigenvalue weighted by Crippen LogP contribution is -2.59. The summed E-state index contributed by atoms with van der Waals surface area (Å²) in [6.07, 6.45) is 2.26. The Kier molecular flexibility index (Phi) is 4.99. The number of rotatable bonds is 3. The molecule has 1 aromatic rings. The van der Waals surface area contributed by atoms with E-state index in [4.69, 9.17) is 4.74 Å². The number of nitrogens with one attached hydrogen (secondary N) is 1. The molecule has 0 spiro atoms. The maximum absolute atomic E-state index is 13.0. The third-order valence-electron chi connectivity index (χ3n) is 5.39. The Balaban J connectivity index is 1.63. The molecule has 5 heteroatoms. The van der Waals surface area contributed by atoms with E-state index in [9.17, 15) is 4.79 Å². The summed E-state index contributed by atoms with van der Waals surface area (Å²) in [4.78, 5) is 17.3. The quantitative estimate of drug-likeness (QED) is 0.921. The van der Waals surface area contributed by atoms with E-state index in [1.807, 2.05) is 23.1 Å². The normalized spacial score (nSPS) is 23.9. The number of ether oxygens (including phenoxy) is 1. The largest absolute Gasteiger partial charge is 0.495 e. The lowest BCUT2D eigenvalue weighted by Gasteiger charge is -2.43. The fourth-order valence-corrected chi connectivity index (χ4v) is 3.87. The molecule has 1 aromatic carbocycles. The summed E-state index contributed by atoms with van der Waals surface area (Å²) in [5.41, 5.74) is 1.15. The van der Waals surface area contributed by atoms with Crippen LogP contribution in [0.5, 0.6) is 5.75 Å². The van der Waals surface area contributed by atoms with Crippen LogP contribution in [-0.2, 0) is 4.79 Å². The highest BCUT2D eigenvalue weighted by Gasteiger charge is 2.39. The molecule has 1 atom stereocenters. The Labute approximate surface area is 145 Å². The van der Waals surface area contributed by atoms with Gasteiger partial charge in [0.05, 0.1) is 18.8 Å². The van der Waals surface area contributed by atoms with Crippen molar-refractivity contribution in [1.82, 2.24) is 10.2 Å². The zero-order valence-electron chi connectivity index (χ0n) is 15.0. The molecule has 2 saturated heterocycles. The van der Waals surface area contributed by atoms with Gasteiger partial charge in [-0.1, -0.05) is 26.0 Å².